The van der Waals surface area contributed by atoms with Gasteiger partial charge in [0.05, 0.1) is 22.4 Å². The molecule has 5 heteroatoms. The van der Waals surface area contributed by atoms with Crippen LogP contribution >= 0.6 is 15.9 Å². The molecule has 0 spiro atoms. The van der Waals surface area contributed by atoms with Gasteiger partial charge in [-0.3, -0.25) is 4.68 Å². The van der Waals surface area contributed by atoms with Crippen LogP contribution in [0.15, 0.2) is 34.9 Å². The van der Waals surface area contributed by atoms with Crippen molar-refractivity contribution in [3.63, 3.8) is 0 Å². The Balaban J connectivity index is 2.41. The van der Waals surface area contributed by atoms with Crippen LogP contribution in [0.25, 0.3) is 0 Å². The summed E-state index contributed by atoms with van der Waals surface area (Å²) in [6.07, 6.45) is 2.82. The average Bonchev–Trinajstić information content (AvgIpc) is 2.76. The molecule has 1 heterocycles. The Kier molecular flexibility index (Phi) is 4.71. The summed E-state index contributed by atoms with van der Waals surface area (Å²) >= 11 is 3.54. The minimum Gasteiger partial charge on any atom is -0.308 e. The van der Waals surface area contributed by atoms with E-state index in [2.05, 4.69) is 33.3 Å². The zero-order valence-electron chi connectivity index (χ0n) is 11.0. The van der Waals surface area contributed by atoms with E-state index in [1.165, 1.54) is 12.1 Å². The molecule has 102 valence electrons. The summed E-state index contributed by atoms with van der Waals surface area (Å²) in [5, 5.41) is 7.64. The van der Waals surface area contributed by atoms with Gasteiger partial charge in [-0.25, -0.2) is 4.39 Å². The largest absolute Gasteiger partial charge is 0.308 e. The van der Waals surface area contributed by atoms with Crippen LogP contribution in [0.1, 0.15) is 30.6 Å². The fourth-order valence-electron chi connectivity index (χ4n) is 2.17. The van der Waals surface area contributed by atoms with Gasteiger partial charge in [-0.15, -0.1) is 0 Å². The summed E-state index contributed by atoms with van der Waals surface area (Å²) < 4.78 is 16.0. The highest BCUT2D eigenvalue weighted by Gasteiger charge is 2.20. The Morgan fingerprint density at radius 3 is 2.63 bits per heavy atom. The lowest BCUT2D eigenvalue weighted by molar-refractivity contribution is 0.532. The zero-order chi connectivity index (χ0) is 13.8. The Morgan fingerprint density at radius 1 is 1.37 bits per heavy atom. The van der Waals surface area contributed by atoms with E-state index in [4.69, 9.17) is 0 Å². The fourth-order valence-corrected chi connectivity index (χ4v) is 2.69. The molecular weight excluding hydrogens is 309 g/mol. The summed E-state index contributed by atoms with van der Waals surface area (Å²) in [7, 11) is 1.89. The van der Waals surface area contributed by atoms with E-state index in [1.807, 2.05) is 11.7 Å². The first kappa shape index (κ1) is 14.2. The van der Waals surface area contributed by atoms with E-state index in [1.54, 1.807) is 18.3 Å². The molecule has 0 saturated carbocycles. The third-order valence-corrected chi connectivity index (χ3v) is 3.65. The van der Waals surface area contributed by atoms with Crippen molar-refractivity contribution in [1.82, 2.24) is 15.1 Å². The number of halogens is 2. The van der Waals surface area contributed by atoms with E-state index in [0.717, 1.165) is 28.7 Å². The lowest BCUT2D eigenvalue weighted by Crippen LogP contribution is -2.22. The van der Waals surface area contributed by atoms with Gasteiger partial charge in [0.2, 0.25) is 0 Å². The number of aryl methyl sites for hydroxylation is 1. The normalized spacial score (nSPS) is 12.6. The molecule has 0 fully saturated rings. The number of nitrogens with one attached hydrogen (secondary N) is 1. The van der Waals surface area contributed by atoms with Gasteiger partial charge in [0.1, 0.15) is 5.82 Å². The second-order valence-electron chi connectivity index (χ2n) is 4.37. The van der Waals surface area contributed by atoms with E-state index < -0.39 is 0 Å². The Hall–Kier alpha value is -1.20. The highest BCUT2D eigenvalue weighted by molar-refractivity contribution is 9.10. The number of hydrogen-bond acceptors (Lipinski definition) is 2. The summed E-state index contributed by atoms with van der Waals surface area (Å²) in [6, 6.07) is 6.55. The first-order chi connectivity index (χ1) is 9.17. The van der Waals surface area contributed by atoms with Crippen molar-refractivity contribution in [2.24, 2.45) is 0 Å². The molecule has 0 amide bonds. The first-order valence-corrected chi connectivity index (χ1v) is 7.10. The summed E-state index contributed by atoms with van der Waals surface area (Å²) in [5.41, 5.74) is 2.08. The summed E-state index contributed by atoms with van der Waals surface area (Å²) in [5.74, 6) is -0.222. The van der Waals surface area contributed by atoms with Crippen LogP contribution in [-0.2, 0) is 6.54 Å². The summed E-state index contributed by atoms with van der Waals surface area (Å²) in [4.78, 5) is 0. The molecular formula is C14H17BrFN3. The fraction of sp³-hybridized carbons (Fsp3) is 0.357. The van der Waals surface area contributed by atoms with Crippen molar-refractivity contribution in [2.75, 3.05) is 7.05 Å². The van der Waals surface area contributed by atoms with E-state index in [-0.39, 0.29) is 11.9 Å². The SMILES string of the molecule is CCCn1ncc(Br)c1C(NC)c1ccc(F)cc1. The Labute approximate surface area is 121 Å². The topological polar surface area (TPSA) is 29.9 Å². The van der Waals surface area contributed by atoms with Gasteiger partial charge in [-0.2, -0.15) is 5.10 Å². The quantitative estimate of drug-likeness (QED) is 0.911. The zero-order valence-corrected chi connectivity index (χ0v) is 12.6. The van der Waals surface area contributed by atoms with Gasteiger partial charge in [0.25, 0.3) is 0 Å². The van der Waals surface area contributed by atoms with Crippen LogP contribution in [0.5, 0.6) is 0 Å². The number of hydrogen-bond donors (Lipinski definition) is 1. The van der Waals surface area contributed by atoms with Crippen molar-refractivity contribution in [3.05, 3.63) is 52.0 Å². The van der Waals surface area contributed by atoms with Crippen LogP contribution in [-0.4, -0.2) is 16.8 Å². The molecule has 0 saturated heterocycles. The molecule has 1 aromatic heterocycles. The molecule has 2 rings (SSSR count). The molecule has 0 radical (unpaired) electrons. The maximum Gasteiger partial charge on any atom is 0.123 e. The standard InChI is InChI=1S/C14H17BrFN3/c1-3-8-19-14(12(15)9-18-19)13(17-2)10-4-6-11(16)7-5-10/h4-7,9,13,17H,3,8H2,1-2H3. The third-order valence-electron chi connectivity index (χ3n) is 3.03. The van der Waals surface area contributed by atoms with Gasteiger partial charge in [0, 0.05) is 6.54 Å². The molecule has 0 aliphatic rings. The van der Waals surface area contributed by atoms with Crippen molar-refractivity contribution < 1.29 is 4.39 Å². The monoisotopic (exact) mass is 325 g/mol. The van der Waals surface area contributed by atoms with Crippen LogP contribution in [0.4, 0.5) is 4.39 Å². The number of nitrogens with zero attached hydrogens (tertiary/aromatic N) is 2. The lowest BCUT2D eigenvalue weighted by Gasteiger charge is -2.19. The molecule has 1 unspecified atom stereocenters. The lowest BCUT2D eigenvalue weighted by atomic mass is 10.0. The second-order valence-corrected chi connectivity index (χ2v) is 5.23. The van der Waals surface area contributed by atoms with Crippen LogP contribution < -0.4 is 5.32 Å². The number of rotatable bonds is 5. The van der Waals surface area contributed by atoms with E-state index >= 15 is 0 Å². The van der Waals surface area contributed by atoms with Crippen molar-refractivity contribution in [3.8, 4) is 0 Å². The highest BCUT2D eigenvalue weighted by atomic mass is 79.9. The maximum atomic E-state index is 13.0. The minimum absolute atomic E-state index is 0.0102. The molecule has 0 aliphatic carbocycles. The van der Waals surface area contributed by atoms with E-state index in [0.29, 0.717) is 0 Å². The predicted molar refractivity (Wildman–Crippen MR) is 77.5 cm³/mol. The third kappa shape index (κ3) is 3.04. The van der Waals surface area contributed by atoms with Gasteiger partial charge < -0.3 is 5.32 Å². The van der Waals surface area contributed by atoms with Crippen LogP contribution in [0.2, 0.25) is 0 Å². The van der Waals surface area contributed by atoms with Crippen LogP contribution in [0, 0.1) is 5.82 Å². The van der Waals surface area contributed by atoms with Gasteiger partial charge in [-0.1, -0.05) is 19.1 Å². The number of aromatic nitrogens is 2. The molecule has 19 heavy (non-hydrogen) atoms. The van der Waals surface area contributed by atoms with Crippen molar-refractivity contribution in [2.45, 2.75) is 25.9 Å². The molecule has 0 bridgehead atoms. The molecule has 1 aromatic carbocycles. The Bertz CT molecular complexity index is 536. The molecule has 1 atom stereocenters. The molecule has 1 N–H and O–H groups in total. The average molecular weight is 326 g/mol. The second kappa shape index (κ2) is 6.30. The highest BCUT2D eigenvalue weighted by Crippen LogP contribution is 2.28. The van der Waals surface area contributed by atoms with Gasteiger partial charge >= 0.3 is 0 Å². The predicted octanol–water partition coefficient (Wildman–Crippen LogP) is 3.50. The smallest absolute Gasteiger partial charge is 0.123 e. The maximum absolute atomic E-state index is 13.0. The minimum atomic E-state index is -0.222. The van der Waals surface area contributed by atoms with Gasteiger partial charge in [0.15, 0.2) is 0 Å². The number of benzene rings is 1. The first-order valence-electron chi connectivity index (χ1n) is 6.31. The van der Waals surface area contributed by atoms with Crippen LogP contribution in [0.3, 0.4) is 0 Å². The summed E-state index contributed by atoms with van der Waals surface area (Å²) in [6.45, 7) is 2.98. The van der Waals surface area contributed by atoms with Gasteiger partial charge in [-0.05, 0) is 47.1 Å². The van der Waals surface area contributed by atoms with Crippen molar-refractivity contribution >= 4 is 15.9 Å². The van der Waals surface area contributed by atoms with E-state index in [9.17, 15) is 4.39 Å². The molecule has 3 nitrogen and oxygen atoms in total. The molecule has 2 aromatic rings. The molecule has 0 aliphatic heterocycles. The Morgan fingerprint density at radius 2 is 2.05 bits per heavy atom. The van der Waals surface area contributed by atoms with Crippen molar-refractivity contribution in [1.29, 1.82) is 0 Å².